The van der Waals surface area contributed by atoms with E-state index in [9.17, 15) is 9.59 Å². The molecule has 1 heterocycles. The Morgan fingerprint density at radius 2 is 2.05 bits per heavy atom. The fourth-order valence-electron chi connectivity index (χ4n) is 2.23. The second-order valence-electron chi connectivity index (χ2n) is 4.68. The van der Waals surface area contributed by atoms with Crippen LogP contribution in [0.2, 0.25) is 10.2 Å². The van der Waals surface area contributed by atoms with Crippen LogP contribution in [-0.4, -0.2) is 21.5 Å². The molecule has 1 aromatic rings. The van der Waals surface area contributed by atoms with Gasteiger partial charge in [0.2, 0.25) is 5.91 Å². The van der Waals surface area contributed by atoms with Gasteiger partial charge in [0, 0.05) is 6.04 Å². The molecule has 7 heteroatoms. The first-order valence-corrected chi connectivity index (χ1v) is 7.03. The monoisotopic (exact) mass is 303 g/mol. The van der Waals surface area contributed by atoms with Gasteiger partial charge in [-0.1, -0.05) is 42.5 Å². The third-order valence-electron chi connectivity index (χ3n) is 3.22. The Hall–Kier alpha value is -1.07. The number of nitrogens with one attached hydrogen (secondary N) is 1. The summed E-state index contributed by atoms with van der Waals surface area (Å²) >= 11 is 11.3. The molecule has 1 aliphatic rings. The zero-order valence-corrected chi connectivity index (χ0v) is 11.9. The minimum Gasteiger partial charge on any atom is -0.352 e. The molecule has 1 amide bonds. The second-order valence-corrected chi connectivity index (χ2v) is 5.42. The Labute approximate surface area is 120 Å². The molecule has 1 aromatic heterocycles. The van der Waals surface area contributed by atoms with Crippen LogP contribution in [0.3, 0.4) is 0 Å². The summed E-state index contributed by atoms with van der Waals surface area (Å²) in [5.74, 6) is -0.200. The van der Waals surface area contributed by atoms with Crippen molar-refractivity contribution in [2.24, 2.45) is 0 Å². The van der Waals surface area contributed by atoms with Gasteiger partial charge in [0.15, 0.2) is 5.15 Å². The number of carbonyl (C=O) groups is 1. The third kappa shape index (κ3) is 3.70. The van der Waals surface area contributed by atoms with E-state index >= 15 is 0 Å². The molecule has 1 saturated carbocycles. The number of hydrogen-bond acceptors (Lipinski definition) is 3. The van der Waals surface area contributed by atoms with Crippen molar-refractivity contribution in [1.29, 1.82) is 0 Å². The van der Waals surface area contributed by atoms with Crippen molar-refractivity contribution in [2.45, 2.75) is 44.7 Å². The molecule has 0 bridgehead atoms. The number of aromatic nitrogens is 2. The summed E-state index contributed by atoms with van der Waals surface area (Å²) in [6.45, 7) is -0.0841. The lowest BCUT2D eigenvalue weighted by Gasteiger charge is -2.22. The summed E-state index contributed by atoms with van der Waals surface area (Å²) in [6.07, 6.45) is 6.73. The van der Waals surface area contributed by atoms with Gasteiger partial charge in [-0.2, -0.15) is 0 Å². The summed E-state index contributed by atoms with van der Waals surface area (Å²) in [5, 5.41) is 2.72. The highest BCUT2D eigenvalue weighted by molar-refractivity contribution is 6.40. The SMILES string of the molecule is O=C(Cn1cnc(Cl)c(Cl)c1=O)NC1CCCCC1. The topological polar surface area (TPSA) is 64.0 Å². The fraction of sp³-hybridized carbons (Fsp3) is 0.583. The minimum atomic E-state index is -0.500. The van der Waals surface area contributed by atoms with Gasteiger partial charge in [-0.25, -0.2) is 4.98 Å². The van der Waals surface area contributed by atoms with Gasteiger partial charge in [-0.05, 0) is 12.8 Å². The highest BCUT2D eigenvalue weighted by Gasteiger charge is 2.16. The van der Waals surface area contributed by atoms with Crippen molar-refractivity contribution in [3.63, 3.8) is 0 Å². The van der Waals surface area contributed by atoms with Gasteiger partial charge < -0.3 is 5.32 Å². The van der Waals surface area contributed by atoms with E-state index in [2.05, 4.69) is 10.3 Å². The quantitative estimate of drug-likeness (QED) is 0.869. The molecule has 104 valence electrons. The fourth-order valence-corrected chi connectivity index (χ4v) is 2.51. The predicted molar refractivity (Wildman–Crippen MR) is 73.5 cm³/mol. The molecule has 0 spiro atoms. The average Bonchev–Trinajstić information content (AvgIpc) is 2.41. The maximum Gasteiger partial charge on any atom is 0.274 e. The molecule has 19 heavy (non-hydrogen) atoms. The Bertz CT molecular complexity index is 524. The van der Waals surface area contributed by atoms with E-state index in [4.69, 9.17) is 23.2 Å². The van der Waals surface area contributed by atoms with Crippen molar-refractivity contribution in [1.82, 2.24) is 14.9 Å². The Morgan fingerprint density at radius 1 is 1.37 bits per heavy atom. The molecule has 0 atom stereocenters. The molecule has 5 nitrogen and oxygen atoms in total. The summed E-state index contributed by atoms with van der Waals surface area (Å²) < 4.78 is 1.16. The number of amides is 1. The summed E-state index contributed by atoms with van der Waals surface area (Å²) in [4.78, 5) is 27.4. The van der Waals surface area contributed by atoms with Crippen LogP contribution in [-0.2, 0) is 11.3 Å². The smallest absolute Gasteiger partial charge is 0.274 e. The van der Waals surface area contributed by atoms with Crippen molar-refractivity contribution < 1.29 is 4.79 Å². The standard InChI is InChI=1S/C12H15Cl2N3O2/c13-10-11(14)15-7-17(12(10)19)6-9(18)16-8-4-2-1-3-5-8/h7-8H,1-6H2,(H,16,18). The van der Waals surface area contributed by atoms with E-state index in [0.29, 0.717) is 0 Å². The number of carbonyl (C=O) groups excluding carboxylic acids is 1. The molecular weight excluding hydrogens is 289 g/mol. The number of halogens is 2. The molecule has 0 aromatic carbocycles. The van der Waals surface area contributed by atoms with E-state index < -0.39 is 5.56 Å². The number of nitrogens with zero attached hydrogens (tertiary/aromatic N) is 2. The third-order valence-corrected chi connectivity index (χ3v) is 3.95. The maximum absolute atomic E-state index is 11.9. The summed E-state index contributed by atoms with van der Waals surface area (Å²) in [7, 11) is 0. The van der Waals surface area contributed by atoms with E-state index in [0.717, 1.165) is 30.3 Å². The van der Waals surface area contributed by atoms with Crippen molar-refractivity contribution in [2.75, 3.05) is 0 Å². The van der Waals surface area contributed by atoms with E-state index in [1.165, 1.54) is 12.7 Å². The van der Waals surface area contributed by atoms with Crippen molar-refractivity contribution in [3.05, 3.63) is 26.9 Å². The van der Waals surface area contributed by atoms with Crippen LogP contribution in [0.4, 0.5) is 0 Å². The summed E-state index contributed by atoms with van der Waals surface area (Å²) in [5.41, 5.74) is -0.500. The van der Waals surface area contributed by atoms with Gasteiger partial charge in [0.25, 0.3) is 5.56 Å². The molecular formula is C12H15Cl2N3O2. The minimum absolute atomic E-state index is 0.0457. The van der Waals surface area contributed by atoms with Crippen LogP contribution in [0.15, 0.2) is 11.1 Å². The zero-order chi connectivity index (χ0) is 13.8. The van der Waals surface area contributed by atoms with E-state index in [1.54, 1.807) is 0 Å². The average molecular weight is 304 g/mol. The maximum atomic E-state index is 11.9. The van der Waals surface area contributed by atoms with Crippen LogP contribution in [0.1, 0.15) is 32.1 Å². The van der Waals surface area contributed by atoms with E-state index in [-0.39, 0.29) is 28.7 Å². The van der Waals surface area contributed by atoms with E-state index in [1.807, 2.05) is 0 Å². The lowest BCUT2D eigenvalue weighted by molar-refractivity contribution is -0.122. The Kier molecular flexibility index (Phi) is 4.82. The number of hydrogen-bond donors (Lipinski definition) is 1. The first-order valence-electron chi connectivity index (χ1n) is 6.27. The Balaban J connectivity index is 1.99. The van der Waals surface area contributed by atoms with Gasteiger partial charge in [-0.3, -0.25) is 14.2 Å². The second kappa shape index (κ2) is 6.39. The van der Waals surface area contributed by atoms with Crippen molar-refractivity contribution in [3.8, 4) is 0 Å². The van der Waals surface area contributed by atoms with Crippen LogP contribution in [0, 0.1) is 0 Å². The van der Waals surface area contributed by atoms with Crippen LogP contribution < -0.4 is 10.9 Å². The molecule has 0 unspecified atom stereocenters. The normalized spacial score (nSPS) is 16.3. The highest BCUT2D eigenvalue weighted by atomic mass is 35.5. The molecule has 2 rings (SSSR count). The lowest BCUT2D eigenvalue weighted by Crippen LogP contribution is -2.39. The lowest BCUT2D eigenvalue weighted by atomic mass is 9.95. The van der Waals surface area contributed by atoms with Crippen molar-refractivity contribution >= 4 is 29.1 Å². The molecule has 0 radical (unpaired) electrons. The molecule has 1 N–H and O–H groups in total. The Morgan fingerprint density at radius 3 is 2.74 bits per heavy atom. The molecule has 1 fully saturated rings. The van der Waals surface area contributed by atoms with Crippen LogP contribution in [0.25, 0.3) is 0 Å². The van der Waals surface area contributed by atoms with Gasteiger partial charge in [-0.15, -0.1) is 0 Å². The molecule has 1 aliphatic carbocycles. The van der Waals surface area contributed by atoms with Gasteiger partial charge in [0.05, 0.1) is 6.33 Å². The zero-order valence-electron chi connectivity index (χ0n) is 10.4. The first-order chi connectivity index (χ1) is 9.08. The van der Waals surface area contributed by atoms with Crippen LogP contribution >= 0.6 is 23.2 Å². The number of rotatable bonds is 3. The predicted octanol–water partition coefficient (Wildman–Crippen LogP) is 2.00. The largest absolute Gasteiger partial charge is 0.352 e. The van der Waals surface area contributed by atoms with Gasteiger partial charge in [0.1, 0.15) is 11.6 Å². The first kappa shape index (κ1) is 14.3. The molecule has 0 aliphatic heterocycles. The summed E-state index contributed by atoms with van der Waals surface area (Å²) in [6, 6.07) is 0.215. The van der Waals surface area contributed by atoms with Gasteiger partial charge >= 0.3 is 0 Å². The highest BCUT2D eigenvalue weighted by Crippen LogP contribution is 2.17. The molecule has 0 saturated heterocycles. The van der Waals surface area contributed by atoms with Crippen LogP contribution in [0.5, 0.6) is 0 Å².